The molecule has 1 atom stereocenters. The summed E-state index contributed by atoms with van der Waals surface area (Å²) in [5, 5.41) is 0. The van der Waals surface area contributed by atoms with Gasteiger partial charge in [0.15, 0.2) is 0 Å². The lowest BCUT2D eigenvalue weighted by atomic mass is 10.1. The van der Waals surface area contributed by atoms with E-state index in [2.05, 4.69) is 76.3 Å². The molecular formula is C16H16BrN. The molecule has 0 radical (unpaired) electrons. The Hall–Kier alpha value is -1.28. The number of fused-ring (bicyclic) bond motifs is 1. The van der Waals surface area contributed by atoms with Gasteiger partial charge in [-0.1, -0.05) is 52.3 Å². The summed E-state index contributed by atoms with van der Waals surface area (Å²) in [6.07, 6.45) is 1.13. The van der Waals surface area contributed by atoms with Crippen LogP contribution >= 0.6 is 15.9 Å². The average Bonchev–Trinajstić information content (AvgIpc) is 2.70. The van der Waals surface area contributed by atoms with Gasteiger partial charge in [0, 0.05) is 22.7 Å². The van der Waals surface area contributed by atoms with Crippen LogP contribution in [0.1, 0.15) is 18.1 Å². The van der Waals surface area contributed by atoms with Gasteiger partial charge in [0.2, 0.25) is 0 Å². The van der Waals surface area contributed by atoms with E-state index in [1.165, 1.54) is 21.3 Å². The second kappa shape index (κ2) is 4.77. The molecule has 3 rings (SSSR count). The van der Waals surface area contributed by atoms with Crippen LogP contribution in [0.2, 0.25) is 0 Å². The van der Waals surface area contributed by atoms with Crippen molar-refractivity contribution in [1.82, 2.24) is 0 Å². The highest BCUT2D eigenvalue weighted by molar-refractivity contribution is 9.10. The highest BCUT2D eigenvalue weighted by Gasteiger charge is 2.27. The number of nitrogens with zero attached hydrogens (tertiary/aromatic N) is 1. The first kappa shape index (κ1) is 11.8. The number of hydrogen-bond acceptors (Lipinski definition) is 1. The van der Waals surface area contributed by atoms with Crippen molar-refractivity contribution >= 4 is 21.6 Å². The van der Waals surface area contributed by atoms with Crippen LogP contribution < -0.4 is 4.90 Å². The molecule has 2 aromatic rings. The fourth-order valence-electron chi connectivity index (χ4n) is 2.68. The monoisotopic (exact) mass is 301 g/mol. The zero-order valence-corrected chi connectivity index (χ0v) is 12.0. The number of benzene rings is 2. The molecule has 1 aliphatic heterocycles. The third-order valence-electron chi connectivity index (χ3n) is 3.63. The van der Waals surface area contributed by atoms with E-state index in [1.54, 1.807) is 0 Å². The SMILES string of the molecule is C[C@H]1Cc2c(Br)cccc2N1Cc1ccccc1. The predicted molar refractivity (Wildman–Crippen MR) is 79.9 cm³/mol. The quantitative estimate of drug-likeness (QED) is 0.794. The van der Waals surface area contributed by atoms with Crippen molar-refractivity contribution < 1.29 is 0 Å². The van der Waals surface area contributed by atoms with E-state index in [1.807, 2.05) is 0 Å². The van der Waals surface area contributed by atoms with Crippen molar-refractivity contribution in [3.8, 4) is 0 Å². The molecule has 0 saturated carbocycles. The molecule has 0 amide bonds. The number of rotatable bonds is 2. The van der Waals surface area contributed by atoms with E-state index in [0.29, 0.717) is 6.04 Å². The van der Waals surface area contributed by atoms with E-state index >= 15 is 0 Å². The minimum Gasteiger partial charge on any atom is -0.364 e. The zero-order valence-electron chi connectivity index (χ0n) is 10.4. The van der Waals surface area contributed by atoms with E-state index in [-0.39, 0.29) is 0 Å². The van der Waals surface area contributed by atoms with Gasteiger partial charge in [0.25, 0.3) is 0 Å². The van der Waals surface area contributed by atoms with Crippen LogP contribution in [-0.2, 0) is 13.0 Å². The summed E-state index contributed by atoms with van der Waals surface area (Å²) in [6.45, 7) is 3.29. The number of hydrogen-bond donors (Lipinski definition) is 0. The topological polar surface area (TPSA) is 3.24 Å². The van der Waals surface area contributed by atoms with Gasteiger partial charge in [-0.3, -0.25) is 0 Å². The molecule has 0 spiro atoms. The fraction of sp³-hybridized carbons (Fsp3) is 0.250. The summed E-state index contributed by atoms with van der Waals surface area (Å²) < 4.78 is 1.24. The van der Waals surface area contributed by atoms with E-state index < -0.39 is 0 Å². The molecule has 0 aromatic heterocycles. The summed E-state index contributed by atoms with van der Waals surface area (Å²) in [6, 6.07) is 17.7. The second-order valence-corrected chi connectivity index (χ2v) is 5.76. The normalized spacial score (nSPS) is 17.9. The van der Waals surface area contributed by atoms with Crippen molar-refractivity contribution in [2.24, 2.45) is 0 Å². The van der Waals surface area contributed by atoms with Crippen molar-refractivity contribution in [2.75, 3.05) is 4.90 Å². The van der Waals surface area contributed by atoms with E-state index in [4.69, 9.17) is 0 Å². The molecule has 0 fully saturated rings. The Morgan fingerprint density at radius 2 is 1.89 bits per heavy atom. The third-order valence-corrected chi connectivity index (χ3v) is 4.37. The molecular weight excluding hydrogens is 286 g/mol. The van der Waals surface area contributed by atoms with Gasteiger partial charge in [0.05, 0.1) is 0 Å². The molecule has 0 aliphatic carbocycles. The van der Waals surface area contributed by atoms with Gasteiger partial charge in [0.1, 0.15) is 0 Å². The summed E-state index contributed by atoms with van der Waals surface area (Å²) in [7, 11) is 0. The van der Waals surface area contributed by atoms with Gasteiger partial charge in [-0.15, -0.1) is 0 Å². The lowest BCUT2D eigenvalue weighted by molar-refractivity contribution is 0.672. The zero-order chi connectivity index (χ0) is 12.5. The molecule has 1 aliphatic rings. The maximum absolute atomic E-state index is 3.66. The summed E-state index contributed by atoms with van der Waals surface area (Å²) in [4.78, 5) is 2.50. The first-order chi connectivity index (χ1) is 8.75. The summed E-state index contributed by atoms with van der Waals surface area (Å²) in [5.74, 6) is 0. The molecule has 0 bridgehead atoms. The van der Waals surface area contributed by atoms with E-state index in [0.717, 1.165) is 13.0 Å². The molecule has 1 nitrogen and oxygen atoms in total. The van der Waals surface area contributed by atoms with Crippen molar-refractivity contribution in [1.29, 1.82) is 0 Å². The van der Waals surface area contributed by atoms with Crippen LogP contribution in [0.5, 0.6) is 0 Å². The van der Waals surface area contributed by atoms with Crippen molar-refractivity contribution in [3.63, 3.8) is 0 Å². The van der Waals surface area contributed by atoms with Crippen molar-refractivity contribution in [3.05, 3.63) is 64.1 Å². The maximum Gasteiger partial charge on any atom is 0.0432 e. The van der Waals surface area contributed by atoms with Crippen LogP contribution in [0.4, 0.5) is 5.69 Å². The Labute approximate surface area is 117 Å². The Morgan fingerprint density at radius 1 is 1.11 bits per heavy atom. The van der Waals surface area contributed by atoms with Crippen LogP contribution in [0.25, 0.3) is 0 Å². The van der Waals surface area contributed by atoms with Crippen molar-refractivity contribution in [2.45, 2.75) is 25.9 Å². The number of halogens is 1. The number of anilines is 1. The predicted octanol–water partition coefficient (Wildman–Crippen LogP) is 4.40. The Kier molecular flexibility index (Phi) is 3.13. The molecule has 0 saturated heterocycles. The Balaban J connectivity index is 1.93. The van der Waals surface area contributed by atoms with E-state index in [9.17, 15) is 0 Å². The lowest BCUT2D eigenvalue weighted by Gasteiger charge is -2.25. The van der Waals surface area contributed by atoms with Gasteiger partial charge < -0.3 is 4.90 Å². The Bertz CT molecular complexity index is 550. The molecule has 2 heteroatoms. The molecule has 1 heterocycles. The first-order valence-corrected chi connectivity index (χ1v) is 7.13. The molecule has 18 heavy (non-hydrogen) atoms. The largest absolute Gasteiger partial charge is 0.364 e. The molecule has 0 unspecified atom stereocenters. The average molecular weight is 302 g/mol. The lowest BCUT2D eigenvalue weighted by Crippen LogP contribution is -2.28. The molecule has 0 N–H and O–H groups in total. The van der Waals surface area contributed by atoms with Gasteiger partial charge >= 0.3 is 0 Å². The molecule has 2 aromatic carbocycles. The van der Waals surface area contributed by atoms with Crippen LogP contribution in [-0.4, -0.2) is 6.04 Å². The summed E-state index contributed by atoms with van der Waals surface area (Å²) in [5.41, 5.74) is 4.19. The maximum atomic E-state index is 3.66. The minimum absolute atomic E-state index is 0.568. The molecule has 92 valence electrons. The van der Waals surface area contributed by atoms with Crippen LogP contribution in [0.15, 0.2) is 53.0 Å². The van der Waals surface area contributed by atoms with Gasteiger partial charge in [-0.25, -0.2) is 0 Å². The van der Waals surface area contributed by atoms with Gasteiger partial charge in [-0.2, -0.15) is 0 Å². The van der Waals surface area contributed by atoms with Crippen LogP contribution in [0, 0.1) is 0 Å². The standard InChI is InChI=1S/C16H16BrN/c1-12-10-14-15(17)8-5-9-16(14)18(12)11-13-6-3-2-4-7-13/h2-9,12H,10-11H2,1H3/t12-/m0/s1. The third kappa shape index (κ3) is 2.05. The highest BCUT2D eigenvalue weighted by atomic mass is 79.9. The highest BCUT2D eigenvalue weighted by Crippen LogP contribution is 2.37. The fourth-order valence-corrected chi connectivity index (χ4v) is 3.20. The first-order valence-electron chi connectivity index (χ1n) is 6.33. The summed E-state index contributed by atoms with van der Waals surface area (Å²) >= 11 is 3.66. The van der Waals surface area contributed by atoms with Crippen LogP contribution in [0.3, 0.4) is 0 Å². The van der Waals surface area contributed by atoms with Gasteiger partial charge in [-0.05, 0) is 36.6 Å². The smallest absolute Gasteiger partial charge is 0.0432 e. The minimum atomic E-state index is 0.568. The Morgan fingerprint density at radius 3 is 2.67 bits per heavy atom. The second-order valence-electron chi connectivity index (χ2n) is 4.90.